The van der Waals surface area contributed by atoms with Gasteiger partial charge in [-0.05, 0) is 43.3 Å². The number of rotatable bonds is 5. The number of nitrogens with one attached hydrogen (secondary N) is 1. The number of morpholine rings is 1. The van der Waals surface area contributed by atoms with Crippen LogP contribution in [0.25, 0.3) is 17.2 Å². The Kier molecular flexibility index (Phi) is 5.12. The highest BCUT2D eigenvalue weighted by atomic mass is 16.5. The van der Waals surface area contributed by atoms with Crippen molar-refractivity contribution >= 4 is 34.5 Å². The van der Waals surface area contributed by atoms with Crippen molar-refractivity contribution < 1.29 is 14.1 Å². The quantitative estimate of drug-likeness (QED) is 0.696. The minimum Gasteiger partial charge on any atom is -0.378 e. The second kappa shape index (κ2) is 7.86. The van der Waals surface area contributed by atoms with Gasteiger partial charge in [-0.3, -0.25) is 4.79 Å². The number of benzene rings is 2. The highest BCUT2D eigenvalue weighted by Crippen LogP contribution is 2.20. The van der Waals surface area contributed by atoms with E-state index in [1.165, 1.54) is 0 Å². The molecule has 0 saturated carbocycles. The molecule has 4 rings (SSSR count). The predicted molar refractivity (Wildman–Crippen MR) is 111 cm³/mol. The third-order valence-corrected chi connectivity index (χ3v) is 5.19. The number of para-hydroxylation sites is 2. The maximum atomic E-state index is 12.8. The van der Waals surface area contributed by atoms with Gasteiger partial charge in [-0.2, -0.15) is 0 Å². The van der Waals surface area contributed by atoms with E-state index < -0.39 is 0 Å². The molecule has 1 saturated heterocycles. The summed E-state index contributed by atoms with van der Waals surface area (Å²) in [6, 6.07) is 15.6. The Hall–Kier alpha value is -3.12. The predicted octanol–water partition coefficient (Wildman–Crippen LogP) is 3.07. The lowest BCUT2D eigenvalue weighted by molar-refractivity contribution is -0.680. The molecule has 2 heterocycles. The van der Waals surface area contributed by atoms with E-state index in [1.54, 1.807) is 6.20 Å². The van der Waals surface area contributed by atoms with Crippen LogP contribution in [0, 0.1) is 0 Å². The Morgan fingerprint density at radius 1 is 1.18 bits per heavy atom. The van der Waals surface area contributed by atoms with E-state index in [0.717, 1.165) is 48.7 Å². The molecular weight excluding hydrogens is 352 g/mol. The molecule has 1 aliphatic heterocycles. The molecule has 1 amide bonds. The molecule has 144 valence electrons. The highest BCUT2D eigenvalue weighted by molar-refractivity contribution is 5.93. The molecule has 1 aliphatic rings. The Labute approximate surface area is 164 Å². The fraction of sp³-hybridized carbons (Fsp3) is 0.273. The maximum Gasteiger partial charge on any atom is 0.269 e. The zero-order valence-electron chi connectivity index (χ0n) is 16.0. The van der Waals surface area contributed by atoms with Crippen LogP contribution in [-0.4, -0.2) is 36.8 Å². The van der Waals surface area contributed by atoms with E-state index in [4.69, 9.17) is 4.74 Å². The summed E-state index contributed by atoms with van der Waals surface area (Å²) in [5.74, 6) is -0.0592. The molecule has 3 aromatic rings. The zero-order valence-corrected chi connectivity index (χ0v) is 16.0. The fourth-order valence-corrected chi connectivity index (χ4v) is 3.56. The lowest BCUT2D eigenvalue weighted by Gasteiger charge is -2.28. The minimum atomic E-state index is -0.356. The van der Waals surface area contributed by atoms with Crippen molar-refractivity contribution in [1.82, 2.24) is 4.57 Å². The van der Waals surface area contributed by atoms with Gasteiger partial charge in [0.05, 0.1) is 19.4 Å². The standard InChI is InChI=1S/C22H24N4O2/c1-3-24-16-26(21-7-5-4-6-20(21)24)17(2)22(27)23-18-8-10-19(11-9-18)25-12-14-28-15-13-25/h3-11,16-17H,1,12-15H2,2H3/p+1/t17-/m1/s1. The van der Waals surface area contributed by atoms with Crippen LogP contribution in [0.1, 0.15) is 13.0 Å². The third-order valence-electron chi connectivity index (χ3n) is 5.19. The lowest BCUT2D eigenvalue weighted by atomic mass is 10.2. The molecule has 28 heavy (non-hydrogen) atoms. The SMILES string of the molecule is C=Cn1c[n+]([C@H](C)C(=O)Nc2ccc(N3CCOCC3)cc2)c2ccccc21. The molecule has 0 spiro atoms. The summed E-state index contributed by atoms with van der Waals surface area (Å²) in [7, 11) is 0. The van der Waals surface area contributed by atoms with Crippen LogP contribution in [0.3, 0.4) is 0 Å². The summed E-state index contributed by atoms with van der Waals surface area (Å²) < 4.78 is 9.29. The number of amides is 1. The van der Waals surface area contributed by atoms with Crippen LogP contribution in [0.2, 0.25) is 0 Å². The molecule has 1 fully saturated rings. The van der Waals surface area contributed by atoms with Gasteiger partial charge in [-0.1, -0.05) is 18.7 Å². The molecule has 0 aliphatic carbocycles. The second-order valence-corrected chi connectivity index (χ2v) is 6.91. The number of nitrogens with zero attached hydrogens (tertiary/aromatic N) is 3. The first-order chi connectivity index (χ1) is 13.7. The number of carbonyl (C=O) groups excluding carboxylic acids is 1. The number of aromatic nitrogens is 2. The molecule has 0 radical (unpaired) electrons. The number of carbonyl (C=O) groups is 1. The monoisotopic (exact) mass is 377 g/mol. The Morgan fingerprint density at radius 3 is 2.61 bits per heavy atom. The van der Waals surface area contributed by atoms with E-state index in [0.29, 0.717) is 0 Å². The average Bonchev–Trinajstić information content (AvgIpc) is 3.13. The lowest BCUT2D eigenvalue weighted by Crippen LogP contribution is -2.43. The van der Waals surface area contributed by atoms with Gasteiger partial charge in [0.1, 0.15) is 0 Å². The number of hydrogen-bond acceptors (Lipinski definition) is 3. The normalized spacial score (nSPS) is 15.4. The van der Waals surface area contributed by atoms with Crippen LogP contribution in [-0.2, 0) is 9.53 Å². The summed E-state index contributed by atoms with van der Waals surface area (Å²) in [6.45, 7) is 9.05. The summed E-state index contributed by atoms with van der Waals surface area (Å²) in [5, 5.41) is 3.02. The van der Waals surface area contributed by atoms with E-state index in [-0.39, 0.29) is 11.9 Å². The molecule has 1 N–H and O–H groups in total. The summed E-state index contributed by atoms with van der Waals surface area (Å²) in [4.78, 5) is 15.1. The van der Waals surface area contributed by atoms with E-state index in [2.05, 4.69) is 16.8 Å². The highest BCUT2D eigenvalue weighted by Gasteiger charge is 2.24. The molecular formula is C22H25N4O2+. The van der Waals surface area contributed by atoms with Gasteiger partial charge in [-0.25, -0.2) is 9.13 Å². The van der Waals surface area contributed by atoms with Gasteiger partial charge in [0.2, 0.25) is 6.33 Å². The van der Waals surface area contributed by atoms with Crippen molar-refractivity contribution in [1.29, 1.82) is 0 Å². The maximum absolute atomic E-state index is 12.8. The van der Waals surface area contributed by atoms with Gasteiger partial charge < -0.3 is 15.0 Å². The van der Waals surface area contributed by atoms with Crippen LogP contribution in [0.4, 0.5) is 11.4 Å². The molecule has 1 aromatic heterocycles. The van der Waals surface area contributed by atoms with E-state index in [1.807, 2.05) is 70.9 Å². The van der Waals surface area contributed by atoms with Crippen molar-refractivity contribution in [2.45, 2.75) is 13.0 Å². The van der Waals surface area contributed by atoms with E-state index >= 15 is 0 Å². The summed E-state index contributed by atoms with van der Waals surface area (Å²) in [5.41, 5.74) is 3.96. The first-order valence-corrected chi connectivity index (χ1v) is 9.54. The molecule has 6 nitrogen and oxygen atoms in total. The van der Waals surface area contributed by atoms with Crippen LogP contribution in [0.5, 0.6) is 0 Å². The Morgan fingerprint density at radius 2 is 1.89 bits per heavy atom. The number of fused-ring (bicyclic) bond motifs is 1. The van der Waals surface area contributed by atoms with Gasteiger partial charge in [-0.15, -0.1) is 0 Å². The average molecular weight is 377 g/mol. The van der Waals surface area contributed by atoms with Gasteiger partial charge in [0, 0.05) is 24.5 Å². The number of hydrogen-bond donors (Lipinski definition) is 1. The van der Waals surface area contributed by atoms with Crippen LogP contribution < -0.4 is 14.8 Å². The van der Waals surface area contributed by atoms with Crippen molar-refractivity contribution in [3.05, 3.63) is 61.4 Å². The molecule has 6 heteroatoms. The van der Waals surface area contributed by atoms with Crippen molar-refractivity contribution in [2.75, 3.05) is 36.5 Å². The first kappa shape index (κ1) is 18.3. The smallest absolute Gasteiger partial charge is 0.269 e. The number of imidazole rings is 1. The topological polar surface area (TPSA) is 50.4 Å². The van der Waals surface area contributed by atoms with Crippen LogP contribution >= 0.6 is 0 Å². The third kappa shape index (κ3) is 3.51. The summed E-state index contributed by atoms with van der Waals surface area (Å²) in [6.07, 6.45) is 3.65. The van der Waals surface area contributed by atoms with Crippen molar-refractivity contribution in [2.24, 2.45) is 0 Å². The fourth-order valence-electron chi connectivity index (χ4n) is 3.56. The number of anilines is 2. The molecule has 1 atom stereocenters. The largest absolute Gasteiger partial charge is 0.378 e. The van der Waals surface area contributed by atoms with Gasteiger partial charge >= 0.3 is 0 Å². The Balaban J connectivity index is 1.50. The minimum absolute atomic E-state index is 0.0592. The zero-order chi connectivity index (χ0) is 19.5. The number of ether oxygens (including phenoxy) is 1. The first-order valence-electron chi connectivity index (χ1n) is 9.54. The van der Waals surface area contributed by atoms with Gasteiger partial charge in [0.25, 0.3) is 5.91 Å². The second-order valence-electron chi connectivity index (χ2n) is 6.91. The van der Waals surface area contributed by atoms with Crippen LogP contribution in [0.15, 0.2) is 61.4 Å². The summed E-state index contributed by atoms with van der Waals surface area (Å²) >= 11 is 0. The van der Waals surface area contributed by atoms with Crippen molar-refractivity contribution in [3.63, 3.8) is 0 Å². The molecule has 0 unspecified atom stereocenters. The van der Waals surface area contributed by atoms with Gasteiger partial charge in [0.15, 0.2) is 17.1 Å². The molecule has 2 aromatic carbocycles. The van der Waals surface area contributed by atoms with Crippen molar-refractivity contribution in [3.8, 4) is 0 Å². The Bertz CT molecular complexity index is 987. The van der Waals surface area contributed by atoms with E-state index in [9.17, 15) is 4.79 Å². The molecule has 0 bridgehead atoms.